The van der Waals surface area contributed by atoms with Gasteiger partial charge in [-0.1, -0.05) is 56.0 Å². The van der Waals surface area contributed by atoms with Gasteiger partial charge in [-0.25, -0.2) is 0 Å². The van der Waals surface area contributed by atoms with Gasteiger partial charge in [0, 0.05) is 32.0 Å². The molecule has 184 valence electrons. The summed E-state index contributed by atoms with van der Waals surface area (Å²) in [6, 6.07) is 16.6. The number of carbonyl (C=O) groups excluding carboxylic acids is 2. The topological polar surface area (TPSA) is 57.6 Å². The molecule has 1 aliphatic heterocycles. The number of piperidine rings is 1. The van der Waals surface area contributed by atoms with Gasteiger partial charge in [-0.2, -0.15) is 0 Å². The molecule has 1 fully saturated rings. The van der Waals surface area contributed by atoms with Crippen LogP contribution in [0.3, 0.4) is 0 Å². The highest BCUT2D eigenvalue weighted by Gasteiger charge is 2.22. The van der Waals surface area contributed by atoms with Crippen LogP contribution in [0, 0.1) is 11.8 Å². The first-order valence-corrected chi connectivity index (χ1v) is 12.6. The van der Waals surface area contributed by atoms with Crippen molar-refractivity contribution >= 4 is 11.7 Å². The van der Waals surface area contributed by atoms with Crippen LogP contribution in [0.1, 0.15) is 79.9 Å². The molecule has 0 spiro atoms. The number of benzene rings is 2. The maximum Gasteiger partial charge on any atom is 0.219 e. The molecule has 1 unspecified atom stereocenters. The van der Waals surface area contributed by atoms with Gasteiger partial charge in [0.25, 0.3) is 0 Å². The second kappa shape index (κ2) is 12.3. The van der Waals surface area contributed by atoms with Gasteiger partial charge in [-0.3, -0.25) is 9.59 Å². The van der Waals surface area contributed by atoms with E-state index in [2.05, 4.69) is 36.4 Å². The number of carbonyl (C=O) groups is 2. The molecule has 2 aromatic carbocycles. The van der Waals surface area contributed by atoms with Crippen molar-refractivity contribution in [3.8, 4) is 0 Å². The molecule has 4 heteroatoms. The first-order valence-electron chi connectivity index (χ1n) is 12.6. The van der Waals surface area contributed by atoms with E-state index in [-0.39, 0.29) is 19.1 Å². The van der Waals surface area contributed by atoms with Gasteiger partial charge in [0.15, 0.2) is 5.78 Å². The lowest BCUT2D eigenvalue weighted by Gasteiger charge is -2.31. The van der Waals surface area contributed by atoms with E-state index in [1.54, 1.807) is 6.92 Å². The van der Waals surface area contributed by atoms with E-state index >= 15 is 0 Å². The Labute approximate surface area is 205 Å². The number of fused-ring (bicyclic) bond motifs is 1. The normalized spacial score (nSPS) is 17.2. The number of rotatable bonds is 9. The quantitative estimate of drug-likeness (QED) is 0.490. The second-order valence-corrected chi connectivity index (χ2v) is 10.1. The van der Waals surface area contributed by atoms with Gasteiger partial charge in [0.05, 0.1) is 6.10 Å². The Bertz CT molecular complexity index is 919. The van der Waals surface area contributed by atoms with Crippen molar-refractivity contribution in [2.24, 2.45) is 11.8 Å². The zero-order valence-electron chi connectivity index (χ0n) is 19.8. The van der Waals surface area contributed by atoms with Crippen molar-refractivity contribution in [2.75, 3.05) is 13.1 Å². The third kappa shape index (κ3) is 7.02. The molecule has 1 N–H and O–H groups in total. The number of nitrogens with zero attached hydrogens (tertiary/aromatic N) is 1. The number of ketones is 1. The Balaban J connectivity index is 0.00000324. The molecule has 0 saturated carbocycles. The summed E-state index contributed by atoms with van der Waals surface area (Å²) in [6.07, 6.45) is 7.65. The molecule has 4 rings (SSSR count). The van der Waals surface area contributed by atoms with Crippen molar-refractivity contribution in [2.45, 2.75) is 78.2 Å². The molecule has 1 atom stereocenters. The van der Waals surface area contributed by atoms with Crippen molar-refractivity contribution in [1.29, 1.82) is 0 Å². The molecule has 1 heterocycles. The van der Waals surface area contributed by atoms with Crippen LogP contribution in [-0.2, 0) is 24.1 Å². The molecular weight excluding hydrogens is 422 g/mol. The van der Waals surface area contributed by atoms with E-state index in [1.807, 2.05) is 17.0 Å². The molecule has 2 aromatic rings. The minimum absolute atomic E-state index is 0. The molecule has 2 aliphatic rings. The van der Waals surface area contributed by atoms with Crippen LogP contribution in [0.25, 0.3) is 0 Å². The second-order valence-electron chi connectivity index (χ2n) is 10.1. The van der Waals surface area contributed by atoms with Crippen molar-refractivity contribution in [3.63, 3.8) is 0 Å². The maximum absolute atomic E-state index is 12.6. The molecule has 1 saturated heterocycles. The summed E-state index contributed by atoms with van der Waals surface area (Å²) in [4.78, 5) is 26.0. The van der Waals surface area contributed by atoms with Crippen molar-refractivity contribution in [1.82, 2.24) is 4.90 Å². The van der Waals surface area contributed by atoms with Crippen LogP contribution >= 0.6 is 0 Å². The fourth-order valence-corrected chi connectivity index (χ4v) is 5.48. The number of likely N-dealkylation sites (tertiary alicyclic amines) is 1. The third-order valence-corrected chi connectivity index (χ3v) is 7.61. The smallest absolute Gasteiger partial charge is 0.219 e. The number of aliphatic hydroxyl groups excluding tert-OH is 1. The lowest BCUT2D eigenvalue weighted by Crippen LogP contribution is -2.37. The standard InChI is InChI=1S/C29H37NO3.CH4/c1-21(31)30-16-14-23(15-17-30)18-22-6-9-25(10-7-22)29(33)13-12-28(32)11-8-24-19-26-4-2-3-5-27(26)20-24;/h2-7,9-10,23-24,28,32H,8,11-20H2,1H3;1H4. The van der Waals surface area contributed by atoms with Gasteiger partial charge in [0.1, 0.15) is 0 Å². The summed E-state index contributed by atoms with van der Waals surface area (Å²) in [7, 11) is 0. The largest absolute Gasteiger partial charge is 0.393 e. The summed E-state index contributed by atoms with van der Waals surface area (Å²) in [6.45, 7) is 3.35. The lowest BCUT2D eigenvalue weighted by atomic mass is 9.89. The summed E-state index contributed by atoms with van der Waals surface area (Å²) < 4.78 is 0. The van der Waals surface area contributed by atoms with Crippen LogP contribution in [-0.4, -0.2) is 40.9 Å². The summed E-state index contributed by atoms with van der Waals surface area (Å²) >= 11 is 0. The van der Waals surface area contributed by atoms with Gasteiger partial charge >= 0.3 is 0 Å². The summed E-state index contributed by atoms with van der Waals surface area (Å²) in [5, 5.41) is 10.4. The average Bonchev–Trinajstić information content (AvgIpc) is 3.25. The van der Waals surface area contributed by atoms with Gasteiger partial charge in [-0.15, -0.1) is 0 Å². The van der Waals surface area contributed by atoms with Crippen LogP contribution in [0.15, 0.2) is 48.5 Å². The fraction of sp³-hybridized carbons (Fsp3) is 0.533. The highest BCUT2D eigenvalue weighted by Crippen LogP contribution is 2.30. The Hall–Kier alpha value is -2.46. The Morgan fingerprint density at radius 3 is 2.15 bits per heavy atom. The SMILES string of the molecule is C.CC(=O)N1CCC(Cc2ccc(C(=O)CCC(O)CCC3Cc4ccccc4C3)cc2)CC1. The van der Waals surface area contributed by atoms with Gasteiger partial charge in [0.2, 0.25) is 5.91 Å². The van der Waals surface area contributed by atoms with Crippen LogP contribution in [0.4, 0.5) is 0 Å². The minimum atomic E-state index is -0.405. The molecular formula is C30H41NO3. The van der Waals surface area contributed by atoms with Crippen LogP contribution < -0.4 is 0 Å². The molecule has 1 aliphatic carbocycles. The predicted molar refractivity (Wildman–Crippen MR) is 138 cm³/mol. The number of hydrogen-bond donors (Lipinski definition) is 1. The summed E-state index contributed by atoms with van der Waals surface area (Å²) in [5.41, 5.74) is 4.91. The Morgan fingerprint density at radius 1 is 0.941 bits per heavy atom. The van der Waals surface area contributed by atoms with Crippen LogP contribution in [0.5, 0.6) is 0 Å². The summed E-state index contributed by atoms with van der Waals surface area (Å²) in [5.74, 6) is 1.51. The van der Waals surface area contributed by atoms with Crippen molar-refractivity contribution < 1.29 is 14.7 Å². The zero-order chi connectivity index (χ0) is 23.2. The molecule has 4 nitrogen and oxygen atoms in total. The predicted octanol–water partition coefficient (Wildman–Crippen LogP) is 5.64. The number of Topliss-reactive ketones (excluding diaryl/α,β-unsaturated/α-hetero) is 1. The molecule has 34 heavy (non-hydrogen) atoms. The minimum Gasteiger partial charge on any atom is -0.393 e. The highest BCUT2D eigenvalue weighted by molar-refractivity contribution is 5.96. The molecule has 0 radical (unpaired) electrons. The highest BCUT2D eigenvalue weighted by atomic mass is 16.3. The number of amides is 1. The van der Waals surface area contributed by atoms with E-state index in [9.17, 15) is 14.7 Å². The third-order valence-electron chi connectivity index (χ3n) is 7.61. The monoisotopic (exact) mass is 463 g/mol. The molecule has 1 amide bonds. The van der Waals surface area contributed by atoms with E-state index < -0.39 is 6.10 Å². The van der Waals surface area contributed by atoms with Gasteiger partial charge < -0.3 is 10.0 Å². The van der Waals surface area contributed by atoms with Crippen molar-refractivity contribution in [3.05, 3.63) is 70.8 Å². The Morgan fingerprint density at radius 2 is 1.56 bits per heavy atom. The lowest BCUT2D eigenvalue weighted by molar-refractivity contribution is -0.130. The van der Waals surface area contributed by atoms with Gasteiger partial charge in [-0.05, 0) is 79.9 Å². The Kier molecular flexibility index (Phi) is 9.46. The maximum atomic E-state index is 12.6. The van der Waals surface area contributed by atoms with E-state index in [4.69, 9.17) is 0 Å². The first kappa shape index (κ1) is 26.2. The van der Waals surface area contributed by atoms with E-state index in [1.165, 1.54) is 16.7 Å². The number of hydrogen-bond acceptors (Lipinski definition) is 3. The van der Waals surface area contributed by atoms with E-state index in [0.717, 1.165) is 63.6 Å². The first-order chi connectivity index (χ1) is 16.0. The number of aliphatic hydroxyl groups is 1. The zero-order valence-corrected chi connectivity index (χ0v) is 19.8. The fourth-order valence-electron chi connectivity index (χ4n) is 5.48. The average molecular weight is 464 g/mol. The molecule has 0 bridgehead atoms. The van der Waals surface area contributed by atoms with Crippen LogP contribution in [0.2, 0.25) is 0 Å². The molecule has 0 aromatic heterocycles. The van der Waals surface area contributed by atoms with E-state index in [0.29, 0.717) is 24.7 Å².